The van der Waals surface area contributed by atoms with Crippen LogP contribution < -0.4 is 10.5 Å². The number of rotatable bonds is 3. The number of nitrogens with two attached hydrogens (primary N) is 1. The molecule has 0 aliphatic carbocycles. The first-order valence-electron chi connectivity index (χ1n) is 5.80. The van der Waals surface area contributed by atoms with Crippen molar-refractivity contribution in [2.24, 2.45) is 0 Å². The highest BCUT2D eigenvalue weighted by molar-refractivity contribution is 14.1. The lowest BCUT2D eigenvalue weighted by atomic mass is 10.1. The molecule has 0 aliphatic rings. The Kier molecular flexibility index (Phi) is 4.11. The summed E-state index contributed by atoms with van der Waals surface area (Å²) in [5, 5.41) is 0. The molecule has 18 heavy (non-hydrogen) atoms. The van der Waals surface area contributed by atoms with Crippen LogP contribution in [0, 0.1) is 17.4 Å². The van der Waals surface area contributed by atoms with Gasteiger partial charge in [-0.2, -0.15) is 0 Å². The van der Waals surface area contributed by atoms with Crippen LogP contribution in [0.5, 0.6) is 5.75 Å². The maximum atomic E-state index is 5.98. The molecule has 0 aromatic heterocycles. The third-order valence-electron chi connectivity index (χ3n) is 2.74. The Morgan fingerprint density at radius 3 is 2.39 bits per heavy atom. The fourth-order valence-corrected chi connectivity index (χ4v) is 2.28. The summed E-state index contributed by atoms with van der Waals surface area (Å²) in [5.74, 6) is 0.791. The van der Waals surface area contributed by atoms with Crippen LogP contribution in [-0.4, -0.2) is 0 Å². The zero-order chi connectivity index (χ0) is 13.1. The predicted molar refractivity (Wildman–Crippen MR) is 83.8 cm³/mol. The molecule has 0 aliphatic heterocycles. The zero-order valence-electron chi connectivity index (χ0n) is 10.5. The van der Waals surface area contributed by atoms with E-state index in [9.17, 15) is 0 Å². The first-order valence-corrected chi connectivity index (χ1v) is 6.88. The lowest BCUT2D eigenvalue weighted by molar-refractivity contribution is 0.306. The summed E-state index contributed by atoms with van der Waals surface area (Å²) >= 11 is 2.29. The van der Waals surface area contributed by atoms with Gasteiger partial charge in [-0.3, -0.25) is 0 Å². The number of hydrogen-bond donors (Lipinski definition) is 1. The van der Waals surface area contributed by atoms with E-state index in [2.05, 4.69) is 52.9 Å². The molecule has 2 aromatic rings. The number of benzene rings is 2. The first kappa shape index (κ1) is 13.2. The molecule has 0 heterocycles. The van der Waals surface area contributed by atoms with Gasteiger partial charge in [-0.1, -0.05) is 18.2 Å². The highest BCUT2D eigenvalue weighted by Gasteiger charge is 2.06. The maximum Gasteiger partial charge on any atom is 0.145 e. The molecule has 2 nitrogen and oxygen atoms in total. The summed E-state index contributed by atoms with van der Waals surface area (Å²) in [6.07, 6.45) is 0. The van der Waals surface area contributed by atoms with Crippen LogP contribution in [0.1, 0.15) is 16.7 Å². The van der Waals surface area contributed by atoms with Crippen LogP contribution >= 0.6 is 22.6 Å². The van der Waals surface area contributed by atoms with Crippen molar-refractivity contribution in [3.63, 3.8) is 0 Å². The SMILES string of the molecule is Cc1cc(C)c(OCc2ccc(I)cc2)c(N)c1. The summed E-state index contributed by atoms with van der Waals surface area (Å²) in [7, 11) is 0. The monoisotopic (exact) mass is 353 g/mol. The summed E-state index contributed by atoms with van der Waals surface area (Å²) < 4.78 is 7.05. The van der Waals surface area contributed by atoms with Gasteiger partial charge in [0.25, 0.3) is 0 Å². The van der Waals surface area contributed by atoms with Crippen molar-refractivity contribution in [1.82, 2.24) is 0 Å². The van der Waals surface area contributed by atoms with Crippen LogP contribution in [0.25, 0.3) is 0 Å². The normalized spacial score (nSPS) is 10.4. The number of anilines is 1. The molecule has 2 rings (SSSR count). The predicted octanol–water partition coefficient (Wildman–Crippen LogP) is 4.07. The van der Waals surface area contributed by atoms with Crippen molar-refractivity contribution in [3.05, 3.63) is 56.7 Å². The minimum atomic E-state index is 0.547. The van der Waals surface area contributed by atoms with Crippen LogP contribution in [-0.2, 0) is 6.61 Å². The topological polar surface area (TPSA) is 35.2 Å². The van der Waals surface area contributed by atoms with Crippen molar-refractivity contribution in [2.75, 3.05) is 5.73 Å². The molecule has 0 saturated carbocycles. The van der Waals surface area contributed by atoms with E-state index < -0.39 is 0 Å². The second kappa shape index (κ2) is 5.61. The molecule has 0 spiro atoms. The molecule has 0 fully saturated rings. The largest absolute Gasteiger partial charge is 0.486 e. The molecule has 0 amide bonds. The van der Waals surface area contributed by atoms with Crippen LogP contribution in [0.3, 0.4) is 0 Å². The standard InChI is InChI=1S/C15H16INO/c1-10-7-11(2)15(14(17)8-10)18-9-12-3-5-13(16)6-4-12/h3-8H,9,17H2,1-2H3. The Morgan fingerprint density at radius 2 is 1.78 bits per heavy atom. The third kappa shape index (κ3) is 3.16. The minimum absolute atomic E-state index is 0.547. The molecular formula is C15H16INO. The van der Waals surface area contributed by atoms with E-state index in [1.54, 1.807) is 0 Å². The van der Waals surface area contributed by atoms with Gasteiger partial charge in [0.05, 0.1) is 5.69 Å². The molecular weight excluding hydrogens is 337 g/mol. The molecule has 94 valence electrons. The quantitative estimate of drug-likeness (QED) is 0.667. The average molecular weight is 353 g/mol. The van der Waals surface area contributed by atoms with E-state index in [0.29, 0.717) is 12.3 Å². The first-order chi connectivity index (χ1) is 8.56. The highest BCUT2D eigenvalue weighted by atomic mass is 127. The fraction of sp³-hybridized carbons (Fsp3) is 0.200. The fourth-order valence-electron chi connectivity index (χ4n) is 1.92. The summed E-state index contributed by atoms with van der Waals surface area (Å²) in [6, 6.07) is 12.3. The molecule has 2 N–H and O–H groups in total. The maximum absolute atomic E-state index is 5.98. The van der Waals surface area contributed by atoms with E-state index in [4.69, 9.17) is 10.5 Å². The molecule has 3 heteroatoms. The Bertz CT molecular complexity index is 526. The summed E-state index contributed by atoms with van der Waals surface area (Å²) in [4.78, 5) is 0. The van der Waals surface area contributed by atoms with Gasteiger partial charge in [-0.05, 0) is 71.3 Å². The van der Waals surface area contributed by atoms with Crippen LogP contribution in [0.2, 0.25) is 0 Å². The van der Waals surface area contributed by atoms with Gasteiger partial charge in [0.15, 0.2) is 0 Å². The lowest BCUT2D eigenvalue weighted by Crippen LogP contribution is -2.01. The van der Waals surface area contributed by atoms with E-state index in [1.807, 2.05) is 19.9 Å². The van der Waals surface area contributed by atoms with Crippen LogP contribution in [0.15, 0.2) is 36.4 Å². The van der Waals surface area contributed by atoms with Gasteiger partial charge in [-0.15, -0.1) is 0 Å². The molecule has 0 saturated heterocycles. The second-order valence-electron chi connectivity index (χ2n) is 4.42. The van der Waals surface area contributed by atoms with Crippen molar-refractivity contribution in [1.29, 1.82) is 0 Å². The van der Waals surface area contributed by atoms with E-state index >= 15 is 0 Å². The van der Waals surface area contributed by atoms with Gasteiger partial charge in [-0.25, -0.2) is 0 Å². The zero-order valence-corrected chi connectivity index (χ0v) is 12.7. The Morgan fingerprint density at radius 1 is 1.11 bits per heavy atom. The highest BCUT2D eigenvalue weighted by Crippen LogP contribution is 2.28. The average Bonchev–Trinajstić information content (AvgIpc) is 2.30. The van der Waals surface area contributed by atoms with Gasteiger partial charge < -0.3 is 10.5 Å². The number of ether oxygens (including phenoxy) is 1. The van der Waals surface area contributed by atoms with Gasteiger partial charge in [0.1, 0.15) is 12.4 Å². The van der Waals surface area contributed by atoms with Gasteiger partial charge in [0.2, 0.25) is 0 Å². The van der Waals surface area contributed by atoms with Crippen molar-refractivity contribution in [3.8, 4) is 5.75 Å². The van der Waals surface area contributed by atoms with Crippen molar-refractivity contribution in [2.45, 2.75) is 20.5 Å². The van der Waals surface area contributed by atoms with Crippen molar-refractivity contribution >= 4 is 28.3 Å². The van der Waals surface area contributed by atoms with E-state index in [1.165, 1.54) is 3.57 Å². The minimum Gasteiger partial charge on any atom is -0.486 e. The van der Waals surface area contributed by atoms with Gasteiger partial charge >= 0.3 is 0 Å². The Balaban J connectivity index is 2.13. The molecule has 0 unspecified atom stereocenters. The Hall–Kier alpha value is -1.23. The summed E-state index contributed by atoms with van der Waals surface area (Å²) in [5.41, 5.74) is 10.1. The van der Waals surface area contributed by atoms with Crippen molar-refractivity contribution < 1.29 is 4.74 Å². The third-order valence-corrected chi connectivity index (χ3v) is 3.46. The molecule has 2 aromatic carbocycles. The van der Waals surface area contributed by atoms with E-state index in [-0.39, 0.29) is 0 Å². The smallest absolute Gasteiger partial charge is 0.145 e. The Labute approximate surface area is 121 Å². The second-order valence-corrected chi connectivity index (χ2v) is 5.66. The molecule has 0 bridgehead atoms. The molecule has 0 radical (unpaired) electrons. The van der Waals surface area contributed by atoms with Gasteiger partial charge in [0, 0.05) is 3.57 Å². The summed E-state index contributed by atoms with van der Waals surface area (Å²) in [6.45, 7) is 4.60. The number of aryl methyl sites for hydroxylation is 2. The van der Waals surface area contributed by atoms with Crippen LogP contribution in [0.4, 0.5) is 5.69 Å². The van der Waals surface area contributed by atoms with E-state index in [0.717, 1.165) is 22.4 Å². The number of halogens is 1. The molecule has 0 atom stereocenters. The number of nitrogen functional groups attached to an aromatic ring is 1. The number of hydrogen-bond acceptors (Lipinski definition) is 2. The lowest BCUT2D eigenvalue weighted by Gasteiger charge is -2.12.